The van der Waals surface area contributed by atoms with Crippen molar-refractivity contribution in [3.05, 3.63) is 12.2 Å². The second-order valence-electron chi connectivity index (χ2n) is 4.57. The van der Waals surface area contributed by atoms with Gasteiger partial charge in [0.2, 0.25) is 0 Å². The van der Waals surface area contributed by atoms with E-state index >= 15 is 0 Å². The zero-order chi connectivity index (χ0) is 12.7. The number of rotatable bonds is 6. The van der Waals surface area contributed by atoms with E-state index in [4.69, 9.17) is 4.74 Å². The lowest BCUT2D eigenvalue weighted by Crippen LogP contribution is -2.35. The Balaban J connectivity index is 2.18. The van der Waals surface area contributed by atoms with E-state index in [1.165, 1.54) is 6.42 Å². The summed E-state index contributed by atoms with van der Waals surface area (Å²) in [5, 5.41) is 12.9. The predicted molar refractivity (Wildman–Crippen MR) is 66.6 cm³/mol. The number of aliphatic hydroxyl groups excluding tert-OH is 1. The fraction of sp³-hybridized carbons (Fsp3) is 0.769. The molecule has 2 atom stereocenters. The Labute approximate surface area is 103 Å². The average molecular weight is 241 g/mol. The fourth-order valence-corrected chi connectivity index (χ4v) is 2.14. The zero-order valence-corrected chi connectivity index (χ0v) is 10.6. The summed E-state index contributed by atoms with van der Waals surface area (Å²) in [5.41, 5.74) is 0.442. The Morgan fingerprint density at radius 1 is 1.47 bits per heavy atom. The summed E-state index contributed by atoms with van der Waals surface area (Å²) in [6.45, 7) is 6.99. The van der Waals surface area contributed by atoms with Crippen LogP contribution in [-0.4, -0.2) is 36.9 Å². The van der Waals surface area contributed by atoms with Gasteiger partial charge in [0.15, 0.2) is 0 Å². The Morgan fingerprint density at radius 3 is 2.82 bits per heavy atom. The van der Waals surface area contributed by atoms with E-state index in [2.05, 4.69) is 11.9 Å². The van der Waals surface area contributed by atoms with Gasteiger partial charge in [-0.1, -0.05) is 19.4 Å². The van der Waals surface area contributed by atoms with Crippen LogP contribution in [-0.2, 0) is 9.53 Å². The predicted octanol–water partition coefficient (Wildman–Crippen LogP) is 1.25. The summed E-state index contributed by atoms with van der Waals surface area (Å²) in [5.74, 6) is -0.0389. The molecule has 0 radical (unpaired) electrons. The summed E-state index contributed by atoms with van der Waals surface area (Å²) < 4.78 is 4.84. The number of nitrogens with one attached hydrogen (secondary N) is 1. The molecule has 0 bridgehead atoms. The zero-order valence-electron chi connectivity index (χ0n) is 10.6. The van der Waals surface area contributed by atoms with E-state index in [1.807, 2.05) is 0 Å². The van der Waals surface area contributed by atoms with Gasteiger partial charge >= 0.3 is 5.97 Å². The Kier molecular flexibility index (Phi) is 6.22. The van der Waals surface area contributed by atoms with E-state index < -0.39 is 0 Å². The van der Waals surface area contributed by atoms with Crippen molar-refractivity contribution in [1.29, 1.82) is 0 Å². The molecule has 0 amide bonds. The van der Waals surface area contributed by atoms with Gasteiger partial charge in [0, 0.05) is 18.7 Å². The standard InChI is InChI=1S/C13H23NO3/c1-3-17-13(16)10(2)8-14-9-11-6-4-5-7-12(11)15/h11-12,14-15H,2-9H2,1H3. The number of esters is 1. The third kappa shape index (κ3) is 4.88. The first-order valence-electron chi connectivity index (χ1n) is 6.38. The highest BCUT2D eigenvalue weighted by Crippen LogP contribution is 2.23. The van der Waals surface area contributed by atoms with Crippen molar-refractivity contribution < 1.29 is 14.6 Å². The van der Waals surface area contributed by atoms with Crippen molar-refractivity contribution in [3.63, 3.8) is 0 Å². The third-order valence-electron chi connectivity index (χ3n) is 3.18. The molecule has 0 heterocycles. The van der Waals surface area contributed by atoms with Gasteiger partial charge in [-0.05, 0) is 25.7 Å². The summed E-state index contributed by atoms with van der Waals surface area (Å²) in [7, 11) is 0. The van der Waals surface area contributed by atoms with Gasteiger partial charge in [0.05, 0.1) is 12.7 Å². The molecule has 4 heteroatoms. The van der Waals surface area contributed by atoms with Gasteiger partial charge in [0.1, 0.15) is 0 Å². The van der Waals surface area contributed by atoms with Crippen molar-refractivity contribution in [2.75, 3.05) is 19.7 Å². The first kappa shape index (κ1) is 14.2. The Hall–Kier alpha value is -0.870. The molecule has 2 unspecified atom stereocenters. The number of hydrogen-bond donors (Lipinski definition) is 2. The summed E-state index contributed by atoms with van der Waals surface area (Å²) in [6.07, 6.45) is 4.05. The van der Waals surface area contributed by atoms with E-state index in [-0.39, 0.29) is 12.1 Å². The lowest BCUT2D eigenvalue weighted by atomic mass is 9.86. The minimum Gasteiger partial charge on any atom is -0.463 e. The molecule has 1 rings (SSSR count). The van der Waals surface area contributed by atoms with Crippen molar-refractivity contribution in [2.24, 2.45) is 5.92 Å². The monoisotopic (exact) mass is 241 g/mol. The van der Waals surface area contributed by atoms with E-state index in [1.54, 1.807) is 6.92 Å². The fourth-order valence-electron chi connectivity index (χ4n) is 2.14. The summed E-state index contributed by atoms with van der Waals surface area (Å²) in [6, 6.07) is 0. The minimum atomic E-state index is -0.343. The first-order valence-corrected chi connectivity index (χ1v) is 6.38. The van der Waals surface area contributed by atoms with E-state index in [0.717, 1.165) is 25.8 Å². The number of carbonyl (C=O) groups excluding carboxylic acids is 1. The SMILES string of the molecule is C=C(CNCC1CCCCC1O)C(=O)OCC. The van der Waals surface area contributed by atoms with Gasteiger partial charge < -0.3 is 15.2 Å². The number of aliphatic hydroxyl groups is 1. The number of ether oxygens (including phenoxy) is 1. The molecule has 98 valence electrons. The van der Waals surface area contributed by atoms with Gasteiger partial charge in [-0.25, -0.2) is 4.79 Å². The molecule has 0 aromatic rings. The van der Waals surface area contributed by atoms with Gasteiger partial charge in [-0.3, -0.25) is 0 Å². The molecule has 2 N–H and O–H groups in total. The maximum Gasteiger partial charge on any atom is 0.334 e. The molecule has 0 aromatic carbocycles. The normalized spacial score (nSPS) is 24.4. The van der Waals surface area contributed by atoms with Crippen LogP contribution in [0.4, 0.5) is 0 Å². The van der Waals surface area contributed by atoms with Crippen LogP contribution in [0.3, 0.4) is 0 Å². The van der Waals surface area contributed by atoms with Gasteiger partial charge in [0.25, 0.3) is 0 Å². The largest absolute Gasteiger partial charge is 0.463 e. The highest BCUT2D eigenvalue weighted by Gasteiger charge is 2.22. The Bertz CT molecular complexity index is 265. The molecular formula is C13H23NO3. The van der Waals surface area contributed by atoms with Crippen LogP contribution in [0.25, 0.3) is 0 Å². The van der Waals surface area contributed by atoms with Gasteiger partial charge in [-0.2, -0.15) is 0 Å². The summed E-state index contributed by atoms with van der Waals surface area (Å²) >= 11 is 0. The maximum atomic E-state index is 11.3. The van der Waals surface area contributed by atoms with Gasteiger partial charge in [-0.15, -0.1) is 0 Å². The Morgan fingerprint density at radius 2 is 2.18 bits per heavy atom. The summed E-state index contributed by atoms with van der Waals surface area (Å²) in [4.78, 5) is 11.3. The smallest absolute Gasteiger partial charge is 0.334 e. The lowest BCUT2D eigenvalue weighted by Gasteiger charge is -2.27. The molecule has 17 heavy (non-hydrogen) atoms. The van der Waals surface area contributed by atoms with Crippen LogP contribution in [0.15, 0.2) is 12.2 Å². The number of carbonyl (C=O) groups is 1. The average Bonchev–Trinajstić information content (AvgIpc) is 2.31. The molecule has 4 nitrogen and oxygen atoms in total. The molecular weight excluding hydrogens is 218 g/mol. The lowest BCUT2D eigenvalue weighted by molar-refractivity contribution is -0.138. The van der Waals surface area contributed by atoms with E-state index in [0.29, 0.717) is 24.6 Å². The molecule has 0 aromatic heterocycles. The maximum absolute atomic E-state index is 11.3. The minimum absolute atomic E-state index is 0.202. The van der Waals surface area contributed by atoms with Crippen LogP contribution in [0.2, 0.25) is 0 Å². The molecule has 0 saturated heterocycles. The second kappa shape index (κ2) is 7.45. The molecule has 0 aliphatic heterocycles. The molecule has 1 aliphatic carbocycles. The topological polar surface area (TPSA) is 58.6 Å². The van der Waals surface area contributed by atoms with Crippen LogP contribution >= 0.6 is 0 Å². The van der Waals surface area contributed by atoms with E-state index in [9.17, 15) is 9.90 Å². The van der Waals surface area contributed by atoms with Crippen molar-refractivity contribution >= 4 is 5.97 Å². The molecule has 1 fully saturated rings. The quantitative estimate of drug-likeness (QED) is 0.543. The van der Waals surface area contributed by atoms with Crippen LogP contribution in [0.1, 0.15) is 32.6 Å². The second-order valence-corrected chi connectivity index (χ2v) is 4.57. The van der Waals surface area contributed by atoms with Crippen molar-refractivity contribution in [1.82, 2.24) is 5.32 Å². The van der Waals surface area contributed by atoms with Crippen molar-refractivity contribution in [3.8, 4) is 0 Å². The molecule has 0 spiro atoms. The van der Waals surface area contributed by atoms with Crippen LogP contribution in [0, 0.1) is 5.92 Å². The van der Waals surface area contributed by atoms with Crippen LogP contribution in [0.5, 0.6) is 0 Å². The molecule has 1 saturated carbocycles. The van der Waals surface area contributed by atoms with Crippen molar-refractivity contribution in [2.45, 2.75) is 38.7 Å². The highest BCUT2D eigenvalue weighted by atomic mass is 16.5. The van der Waals surface area contributed by atoms with Crippen LogP contribution < -0.4 is 5.32 Å². The first-order chi connectivity index (χ1) is 8.15. The number of hydrogen-bond acceptors (Lipinski definition) is 4. The third-order valence-corrected chi connectivity index (χ3v) is 3.18. The highest BCUT2D eigenvalue weighted by molar-refractivity contribution is 5.88. The molecule has 1 aliphatic rings.